The minimum Gasteiger partial charge on any atom is -0.247 e. The molecule has 48 heavy (non-hydrogen) atoms. The number of aromatic amines is 1. The number of imidazole rings is 1. The van der Waals surface area contributed by atoms with Gasteiger partial charge in [0.05, 0.1) is 12.0 Å². The standard InChI is InChI=1S/C46H90N2/c1-5-8-11-14-17-20-23-24-26-29-32-35-38-41-45(40-37-34-31-28-22-19-16-13-10-7-3)46-47-42-43-48(46)44(4)39-36-33-30-27-25-21-18-15-12-9-6-2/h42-45H,5-41H2,1-4H3/p+1. The van der Waals surface area contributed by atoms with E-state index in [4.69, 9.17) is 0 Å². The molecule has 1 rings (SSSR count). The van der Waals surface area contributed by atoms with Gasteiger partial charge in [-0.2, -0.15) is 0 Å². The maximum absolute atomic E-state index is 3.77. The zero-order valence-electron chi connectivity index (χ0n) is 33.9. The summed E-state index contributed by atoms with van der Waals surface area (Å²) in [7, 11) is 0. The van der Waals surface area contributed by atoms with E-state index in [9.17, 15) is 0 Å². The highest BCUT2D eigenvalue weighted by Gasteiger charge is 2.25. The van der Waals surface area contributed by atoms with Crippen LogP contribution in [0.25, 0.3) is 0 Å². The summed E-state index contributed by atoms with van der Waals surface area (Å²) in [5, 5.41) is 0. The number of hydrogen-bond acceptors (Lipinski definition) is 0. The van der Waals surface area contributed by atoms with Crippen LogP contribution in [-0.4, -0.2) is 4.98 Å². The Morgan fingerprint density at radius 1 is 0.396 bits per heavy atom. The number of unbranched alkanes of at least 4 members (excludes halogenated alkanes) is 31. The summed E-state index contributed by atoms with van der Waals surface area (Å²) < 4.78 is 2.65. The molecule has 1 aromatic heterocycles. The molecule has 1 N–H and O–H groups in total. The summed E-state index contributed by atoms with van der Waals surface area (Å²) in [5.74, 6) is 2.25. The molecule has 0 spiro atoms. The van der Waals surface area contributed by atoms with Crippen LogP contribution in [0.2, 0.25) is 0 Å². The number of rotatable bonds is 39. The summed E-state index contributed by atoms with van der Waals surface area (Å²) in [5.41, 5.74) is 0. The van der Waals surface area contributed by atoms with E-state index in [0.29, 0.717) is 12.0 Å². The van der Waals surface area contributed by atoms with Crippen molar-refractivity contribution < 1.29 is 4.57 Å². The van der Waals surface area contributed by atoms with Gasteiger partial charge in [-0.1, -0.05) is 233 Å². The molecular formula is C46H91N2+. The van der Waals surface area contributed by atoms with Gasteiger partial charge in [-0.3, -0.25) is 0 Å². The molecule has 0 aliphatic heterocycles. The fourth-order valence-corrected chi connectivity index (χ4v) is 8.02. The Hall–Kier alpha value is -0.790. The molecule has 0 aliphatic rings. The van der Waals surface area contributed by atoms with Gasteiger partial charge in [-0.15, -0.1) is 0 Å². The number of nitrogens with one attached hydrogen (secondary N) is 1. The van der Waals surface area contributed by atoms with Crippen LogP contribution in [0.15, 0.2) is 12.4 Å². The van der Waals surface area contributed by atoms with Crippen LogP contribution in [0, 0.1) is 0 Å². The minimum absolute atomic E-state index is 0.617. The lowest BCUT2D eigenvalue weighted by atomic mass is 9.92. The van der Waals surface area contributed by atoms with Crippen LogP contribution in [0.4, 0.5) is 0 Å². The third kappa shape index (κ3) is 27.0. The fraction of sp³-hybridized carbons (Fsp3) is 0.935. The van der Waals surface area contributed by atoms with Crippen LogP contribution in [-0.2, 0) is 0 Å². The van der Waals surface area contributed by atoms with Crippen molar-refractivity contribution in [3.05, 3.63) is 18.2 Å². The van der Waals surface area contributed by atoms with Gasteiger partial charge in [0, 0.05) is 0 Å². The lowest BCUT2D eigenvalue weighted by molar-refractivity contribution is -0.727. The Labute approximate surface area is 304 Å². The van der Waals surface area contributed by atoms with Gasteiger partial charge < -0.3 is 0 Å². The van der Waals surface area contributed by atoms with Crippen LogP contribution < -0.4 is 4.57 Å². The topological polar surface area (TPSA) is 19.7 Å². The SMILES string of the molecule is CCCCCCCCCCCCCCCC(CCCCCCCCCCCC)c1[nH]cc[n+]1C(C)CCCCCCCCCCCCC. The summed E-state index contributed by atoms with van der Waals surface area (Å²) in [6.45, 7) is 9.43. The number of aromatic nitrogens is 2. The molecule has 0 saturated heterocycles. The van der Waals surface area contributed by atoms with Gasteiger partial charge >= 0.3 is 0 Å². The zero-order chi connectivity index (χ0) is 34.6. The third-order valence-electron chi connectivity index (χ3n) is 11.4. The molecule has 284 valence electrons. The predicted octanol–water partition coefficient (Wildman–Crippen LogP) is 16.4. The van der Waals surface area contributed by atoms with Crippen molar-refractivity contribution in [2.24, 2.45) is 0 Å². The normalized spacial score (nSPS) is 13.0. The first kappa shape index (κ1) is 45.2. The Morgan fingerprint density at radius 3 is 0.979 bits per heavy atom. The van der Waals surface area contributed by atoms with Crippen LogP contribution in [0.1, 0.15) is 283 Å². The van der Waals surface area contributed by atoms with Gasteiger partial charge in [0.15, 0.2) is 0 Å². The Bertz CT molecular complexity index is 738. The molecule has 2 unspecified atom stereocenters. The van der Waals surface area contributed by atoms with Gasteiger partial charge in [0.2, 0.25) is 0 Å². The molecule has 1 heterocycles. The second-order valence-corrected chi connectivity index (χ2v) is 16.1. The van der Waals surface area contributed by atoms with Gasteiger partial charge in [0.25, 0.3) is 5.82 Å². The van der Waals surface area contributed by atoms with Crippen molar-refractivity contribution in [1.82, 2.24) is 4.98 Å². The first-order valence-electron chi connectivity index (χ1n) is 22.8. The molecule has 0 aromatic carbocycles. The van der Waals surface area contributed by atoms with Crippen molar-refractivity contribution >= 4 is 0 Å². The van der Waals surface area contributed by atoms with Gasteiger partial charge in [-0.05, 0) is 32.6 Å². The Balaban J connectivity index is 2.39. The molecule has 0 amide bonds. The largest absolute Gasteiger partial charge is 0.257 e. The van der Waals surface area contributed by atoms with Gasteiger partial charge in [0.1, 0.15) is 12.4 Å². The highest BCUT2D eigenvalue weighted by atomic mass is 15.1. The highest BCUT2D eigenvalue weighted by Crippen LogP contribution is 2.27. The molecule has 2 atom stereocenters. The van der Waals surface area contributed by atoms with Crippen molar-refractivity contribution in [3.8, 4) is 0 Å². The second-order valence-electron chi connectivity index (χ2n) is 16.1. The van der Waals surface area contributed by atoms with E-state index >= 15 is 0 Å². The van der Waals surface area contributed by atoms with E-state index in [2.05, 4.69) is 49.6 Å². The van der Waals surface area contributed by atoms with Crippen LogP contribution in [0.3, 0.4) is 0 Å². The molecule has 0 fully saturated rings. The zero-order valence-corrected chi connectivity index (χ0v) is 33.9. The quantitative estimate of drug-likeness (QED) is 0.0531. The maximum atomic E-state index is 3.77. The minimum atomic E-state index is 0.617. The lowest BCUT2D eigenvalue weighted by Crippen LogP contribution is -2.41. The maximum Gasteiger partial charge on any atom is 0.257 e. The number of nitrogens with zero attached hydrogens (tertiary/aromatic N) is 1. The predicted molar refractivity (Wildman–Crippen MR) is 216 cm³/mol. The first-order valence-corrected chi connectivity index (χ1v) is 22.8. The van der Waals surface area contributed by atoms with E-state index < -0.39 is 0 Å². The molecule has 2 nitrogen and oxygen atoms in total. The Morgan fingerprint density at radius 2 is 0.667 bits per heavy atom. The summed E-state index contributed by atoms with van der Waals surface area (Å²) in [6.07, 6.45) is 57.6. The number of H-pyrrole nitrogens is 1. The fourth-order valence-electron chi connectivity index (χ4n) is 8.02. The van der Waals surface area contributed by atoms with Crippen molar-refractivity contribution in [2.75, 3.05) is 0 Å². The molecule has 0 aliphatic carbocycles. The van der Waals surface area contributed by atoms with E-state index in [0.717, 1.165) is 0 Å². The summed E-state index contributed by atoms with van der Waals surface area (Å²) in [6, 6.07) is 0.617. The van der Waals surface area contributed by atoms with Crippen molar-refractivity contribution in [1.29, 1.82) is 0 Å². The van der Waals surface area contributed by atoms with Crippen molar-refractivity contribution in [3.63, 3.8) is 0 Å². The van der Waals surface area contributed by atoms with E-state index in [1.165, 1.54) is 238 Å². The number of hydrogen-bond donors (Lipinski definition) is 1. The lowest BCUT2D eigenvalue weighted by Gasteiger charge is -2.17. The third-order valence-corrected chi connectivity index (χ3v) is 11.4. The second kappa shape index (κ2) is 36.0. The molecule has 0 saturated carbocycles. The van der Waals surface area contributed by atoms with Crippen LogP contribution in [0.5, 0.6) is 0 Å². The first-order chi connectivity index (χ1) is 23.7. The van der Waals surface area contributed by atoms with E-state index in [-0.39, 0.29) is 0 Å². The average molecular weight is 672 g/mol. The summed E-state index contributed by atoms with van der Waals surface area (Å²) >= 11 is 0. The molecule has 0 bridgehead atoms. The summed E-state index contributed by atoms with van der Waals surface area (Å²) in [4.78, 5) is 3.77. The average Bonchev–Trinajstić information content (AvgIpc) is 3.59. The monoisotopic (exact) mass is 672 g/mol. The highest BCUT2D eigenvalue weighted by molar-refractivity contribution is 4.90. The van der Waals surface area contributed by atoms with E-state index in [1.54, 1.807) is 5.82 Å². The smallest absolute Gasteiger partial charge is 0.247 e. The van der Waals surface area contributed by atoms with Crippen LogP contribution >= 0.6 is 0 Å². The molecule has 0 radical (unpaired) electrons. The van der Waals surface area contributed by atoms with Gasteiger partial charge in [-0.25, -0.2) is 9.55 Å². The Kier molecular flexibility index (Phi) is 33.9. The van der Waals surface area contributed by atoms with E-state index in [1.807, 2.05) is 0 Å². The molecule has 2 heteroatoms. The molecule has 1 aromatic rings. The molecular weight excluding hydrogens is 581 g/mol. The van der Waals surface area contributed by atoms with Crippen molar-refractivity contribution in [2.45, 2.75) is 277 Å².